The van der Waals surface area contributed by atoms with Gasteiger partial charge in [-0.3, -0.25) is 9.78 Å². The van der Waals surface area contributed by atoms with Crippen molar-refractivity contribution in [2.24, 2.45) is 0 Å². The Bertz CT molecular complexity index is 1540. The molecule has 4 aromatic rings. The van der Waals surface area contributed by atoms with E-state index in [1.165, 1.54) is 12.1 Å². The van der Waals surface area contributed by atoms with Crippen molar-refractivity contribution in [3.63, 3.8) is 0 Å². The highest BCUT2D eigenvalue weighted by Gasteiger charge is 2.21. The molecule has 0 aliphatic heterocycles. The number of hydrogen-bond donors (Lipinski definition) is 1. The molecular formula is C31H31N3O5S. The minimum absolute atomic E-state index is 0.0257. The molecule has 40 heavy (non-hydrogen) atoms. The summed E-state index contributed by atoms with van der Waals surface area (Å²) in [6.45, 7) is 0.511. The van der Waals surface area contributed by atoms with Crippen LogP contribution in [-0.4, -0.2) is 32.5 Å². The number of benzene rings is 3. The highest BCUT2D eigenvalue weighted by molar-refractivity contribution is 7.90. The number of aromatic nitrogens is 1. The van der Waals surface area contributed by atoms with Gasteiger partial charge in [0.25, 0.3) is 15.9 Å². The number of methoxy groups -OCH3 is 1. The second-order valence-electron chi connectivity index (χ2n) is 9.60. The number of amides is 1. The minimum Gasteiger partial charge on any atom is -0.493 e. The van der Waals surface area contributed by atoms with Crippen LogP contribution < -0.4 is 19.1 Å². The van der Waals surface area contributed by atoms with Crippen LogP contribution in [0.25, 0.3) is 0 Å². The van der Waals surface area contributed by atoms with Crippen molar-refractivity contribution >= 4 is 27.3 Å². The van der Waals surface area contributed by atoms with Crippen molar-refractivity contribution in [1.82, 2.24) is 9.71 Å². The van der Waals surface area contributed by atoms with Gasteiger partial charge in [-0.2, -0.15) is 0 Å². The molecular weight excluding hydrogens is 526 g/mol. The molecule has 1 heterocycles. The number of nitrogens with zero attached hydrogens (tertiary/aromatic N) is 2. The lowest BCUT2D eigenvalue weighted by Gasteiger charge is -2.27. The van der Waals surface area contributed by atoms with Gasteiger partial charge in [-0.25, -0.2) is 13.1 Å². The topological polar surface area (TPSA) is 97.8 Å². The first kappa shape index (κ1) is 27.2. The van der Waals surface area contributed by atoms with Crippen molar-refractivity contribution in [1.29, 1.82) is 0 Å². The van der Waals surface area contributed by atoms with Crippen LogP contribution in [-0.2, 0) is 16.6 Å². The molecule has 0 saturated heterocycles. The van der Waals surface area contributed by atoms with E-state index in [2.05, 4.69) is 14.6 Å². The lowest BCUT2D eigenvalue weighted by atomic mass is 10.1. The van der Waals surface area contributed by atoms with Crippen molar-refractivity contribution in [2.45, 2.75) is 43.2 Å². The molecule has 0 radical (unpaired) electrons. The maximum absolute atomic E-state index is 12.8. The van der Waals surface area contributed by atoms with Crippen LogP contribution in [0.2, 0.25) is 0 Å². The molecule has 3 aromatic carbocycles. The predicted molar refractivity (Wildman–Crippen MR) is 153 cm³/mol. The van der Waals surface area contributed by atoms with E-state index in [-0.39, 0.29) is 16.6 Å². The molecule has 5 rings (SSSR count). The average Bonchev–Trinajstić information content (AvgIpc) is 3.50. The second-order valence-corrected chi connectivity index (χ2v) is 11.3. The van der Waals surface area contributed by atoms with E-state index in [4.69, 9.17) is 9.47 Å². The summed E-state index contributed by atoms with van der Waals surface area (Å²) in [5.41, 5.74) is 2.90. The molecule has 8 nitrogen and oxygen atoms in total. The Morgan fingerprint density at radius 3 is 2.33 bits per heavy atom. The van der Waals surface area contributed by atoms with Gasteiger partial charge < -0.3 is 14.4 Å². The third kappa shape index (κ3) is 6.43. The summed E-state index contributed by atoms with van der Waals surface area (Å²) < 4.78 is 39.3. The summed E-state index contributed by atoms with van der Waals surface area (Å²) in [7, 11) is -2.35. The summed E-state index contributed by atoms with van der Waals surface area (Å²) in [6, 6.07) is 24.3. The SMILES string of the molecule is COc1ccc(N(Cc2cccnc2)c2ccc(C(=O)NS(=O)(=O)c3ccccc3)cc2)cc1OC1CCCC1. The second kappa shape index (κ2) is 12.2. The van der Waals surface area contributed by atoms with Crippen molar-refractivity contribution in [3.05, 3.63) is 108 Å². The molecule has 0 spiro atoms. The van der Waals surface area contributed by atoms with Gasteiger partial charge in [-0.15, -0.1) is 0 Å². The normalized spacial score (nSPS) is 13.5. The molecule has 1 fully saturated rings. The zero-order valence-corrected chi connectivity index (χ0v) is 23.0. The van der Waals surface area contributed by atoms with Gasteiger partial charge in [-0.1, -0.05) is 24.3 Å². The fraction of sp³-hybridized carbons (Fsp3) is 0.226. The van der Waals surface area contributed by atoms with Crippen molar-refractivity contribution < 1.29 is 22.7 Å². The Morgan fingerprint density at radius 2 is 1.65 bits per heavy atom. The number of ether oxygens (including phenoxy) is 2. The van der Waals surface area contributed by atoms with Crippen molar-refractivity contribution in [3.8, 4) is 11.5 Å². The molecule has 9 heteroatoms. The van der Waals surface area contributed by atoms with Crippen LogP contribution in [0.15, 0.2) is 102 Å². The summed E-state index contributed by atoms with van der Waals surface area (Å²) in [4.78, 5) is 19.2. The van der Waals surface area contributed by atoms with Gasteiger partial charge in [-0.05, 0) is 85.8 Å². The zero-order chi connectivity index (χ0) is 28.0. The lowest BCUT2D eigenvalue weighted by molar-refractivity contribution is 0.0981. The highest BCUT2D eigenvalue weighted by atomic mass is 32.2. The number of pyridine rings is 1. The van der Waals surface area contributed by atoms with E-state index >= 15 is 0 Å². The average molecular weight is 558 g/mol. The van der Waals surface area contributed by atoms with E-state index in [0.29, 0.717) is 18.0 Å². The number of sulfonamides is 1. The summed E-state index contributed by atoms with van der Waals surface area (Å²) in [6.07, 6.45) is 8.07. The third-order valence-corrected chi connectivity index (χ3v) is 8.19. The Balaban J connectivity index is 1.43. The van der Waals surface area contributed by atoms with Gasteiger partial charge in [0.1, 0.15) is 0 Å². The molecule has 0 bridgehead atoms. The molecule has 1 aliphatic carbocycles. The minimum atomic E-state index is -3.98. The van der Waals surface area contributed by atoms with Crippen LogP contribution in [0.5, 0.6) is 11.5 Å². The molecule has 1 aromatic heterocycles. The first-order chi connectivity index (χ1) is 19.4. The fourth-order valence-corrected chi connectivity index (χ4v) is 5.74. The molecule has 1 saturated carbocycles. The zero-order valence-electron chi connectivity index (χ0n) is 22.2. The molecule has 0 atom stereocenters. The first-order valence-corrected chi connectivity index (χ1v) is 14.6. The lowest BCUT2D eigenvalue weighted by Crippen LogP contribution is -2.30. The van der Waals surface area contributed by atoms with Gasteiger partial charge in [0.2, 0.25) is 0 Å². The maximum Gasteiger partial charge on any atom is 0.264 e. The molecule has 0 unspecified atom stereocenters. The number of rotatable bonds is 10. The van der Waals surface area contributed by atoms with E-state index in [0.717, 1.165) is 42.6 Å². The summed E-state index contributed by atoms with van der Waals surface area (Å²) >= 11 is 0. The fourth-order valence-electron chi connectivity index (χ4n) is 4.75. The van der Waals surface area contributed by atoms with Gasteiger partial charge in [0.05, 0.1) is 18.1 Å². The quantitative estimate of drug-likeness (QED) is 0.260. The molecule has 1 N–H and O–H groups in total. The number of hydrogen-bond acceptors (Lipinski definition) is 7. The smallest absolute Gasteiger partial charge is 0.264 e. The number of nitrogens with one attached hydrogen (secondary N) is 1. The summed E-state index contributed by atoms with van der Waals surface area (Å²) in [5, 5.41) is 0. The Kier molecular flexibility index (Phi) is 8.31. The van der Waals surface area contributed by atoms with E-state index < -0.39 is 15.9 Å². The largest absolute Gasteiger partial charge is 0.493 e. The third-order valence-electron chi connectivity index (χ3n) is 6.84. The van der Waals surface area contributed by atoms with Gasteiger partial charge in [0, 0.05) is 41.9 Å². The van der Waals surface area contributed by atoms with E-state index in [1.54, 1.807) is 55.8 Å². The van der Waals surface area contributed by atoms with Crippen LogP contribution in [0.1, 0.15) is 41.6 Å². The van der Waals surface area contributed by atoms with Crippen molar-refractivity contribution in [2.75, 3.05) is 12.0 Å². The van der Waals surface area contributed by atoms with Crippen LogP contribution in [0.3, 0.4) is 0 Å². The Hall–Kier alpha value is -4.37. The summed E-state index contributed by atoms with van der Waals surface area (Å²) in [5.74, 6) is 0.653. The highest BCUT2D eigenvalue weighted by Crippen LogP contribution is 2.38. The Morgan fingerprint density at radius 1 is 0.925 bits per heavy atom. The van der Waals surface area contributed by atoms with Gasteiger partial charge >= 0.3 is 0 Å². The van der Waals surface area contributed by atoms with E-state index in [1.807, 2.05) is 36.5 Å². The standard InChI is InChI=1S/C31H31N3O5S/c1-38-29-18-17-26(20-30(29)39-27-9-5-6-10-27)34(22-23-8-7-19-32-21-23)25-15-13-24(14-16-25)31(35)33-40(36,37)28-11-3-2-4-12-28/h2-4,7-8,11-21,27H,5-6,9-10,22H2,1H3,(H,33,35). The molecule has 206 valence electrons. The monoisotopic (exact) mass is 557 g/mol. The van der Waals surface area contributed by atoms with Gasteiger partial charge in [0.15, 0.2) is 11.5 Å². The van der Waals surface area contributed by atoms with Crippen LogP contribution in [0.4, 0.5) is 11.4 Å². The molecule has 1 aliphatic rings. The number of carbonyl (C=O) groups excluding carboxylic acids is 1. The predicted octanol–water partition coefficient (Wildman–Crippen LogP) is 5.87. The number of carbonyl (C=O) groups is 1. The number of anilines is 2. The maximum atomic E-state index is 12.8. The first-order valence-electron chi connectivity index (χ1n) is 13.2. The molecule has 1 amide bonds. The Labute approximate surface area is 234 Å². The van der Waals surface area contributed by atoms with E-state index in [9.17, 15) is 13.2 Å². The van der Waals surface area contributed by atoms with Crippen LogP contribution >= 0.6 is 0 Å². The van der Waals surface area contributed by atoms with Crippen LogP contribution in [0, 0.1) is 0 Å².